The van der Waals surface area contributed by atoms with Gasteiger partial charge in [-0.05, 0) is 23.8 Å². The number of rotatable bonds is 9. The fraction of sp³-hybridized carbons (Fsp3) is 0.158. The molecule has 0 atom stereocenters. The summed E-state index contributed by atoms with van der Waals surface area (Å²) < 4.78 is 10.8. The van der Waals surface area contributed by atoms with Gasteiger partial charge in [-0.3, -0.25) is 14.9 Å². The summed E-state index contributed by atoms with van der Waals surface area (Å²) in [5.41, 5.74) is 0.516. The third-order valence-electron chi connectivity index (χ3n) is 3.31. The molecular weight excluding hydrogens is 380 g/mol. The number of nitriles is 1. The van der Waals surface area contributed by atoms with E-state index in [2.05, 4.69) is 22.2 Å². The molecule has 2 rings (SSSR count). The molecule has 0 aliphatic carbocycles. The Bertz CT molecular complexity index is 917. The van der Waals surface area contributed by atoms with Crippen molar-refractivity contribution in [1.29, 1.82) is 5.26 Å². The van der Waals surface area contributed by atoms with Crippen molar-refractivity contribution in [3.05, 3.63) is 53.6 Å². The van der Waals surface area contributed by atoms with Gasteiger partial charge in [0.25, 0.3) is 11.8 Å². The van der Waals surface area contributed by atoms with Crippen molar-refractivity contribution in [1.82, 2.24) is 10.3 Å². The summed E-state index contributed by atoms with van der Waals surface area (Å²) in [6, 6.07) is 6.70. The number of anilines is 1. The normalized spacial score (nSPS) is 10.5. The maximum Gasteiger partial charge on any atom is 0.264 e. The molecule has 1 heterocycles. The number of aromatic nitrogens is 1. The van der Waals surface area contributed by atoms with Crippen molar-refractivity contribution in [2.24, 2.45) is 0 Å². The van der Waals surface area contributed by atoms with Gasteiger partial charge in [-0.25, -0.2) is 4.98 Å². The Labute approximate surface area is 166 Å². The van der Waals surface area contributed by atoms with Gasteiger partial charge in [-0.2, -0.15) is 5.26 Å². The number of benzene rings is 1. The SMILES string of the molecule is C=CCNC(=O)/C(C#N)=C/c1ccc(OCC(=O)Nc2nccs2)c(OC)c1. The van der Waals surface area contributed by atoms with Gasteiger partial charge in [0.05, 0.1) is 7.11 Å². The zero-order chi connectivity index (χ0) is 20.4. The summed E-state index contributed by atoms with van der Waals surface area (Å²) >= 11 is 1.30. The van der Waals surface area contributed by atoms with Gasteiger partial charge in [0.15, 0.2) is 23.2 Å². The average molecular weight is 398 g/mol. The van der Waals surface area contributed by atoms with E-state index in [1.54, 1.807) is 29.8 Å². The van der Waals surface area contributed by atoms with Crippen molar-refractivity contribution in [2.75, 3.05) is 25.6 Å². The van der Waals surface area contributed by atoms with E-state index in [0.717, 1.165) is 0 Å². The third kappa shape index (κ3) is 5.96. The van der Waals surface area contributed by atoms with Crippen LogP contribution in [0.1, 0.15) is 5.56 Å². The lowest BCUT2D eigenvalue weighted by Gasteiger charge is -2.11. The second-order valence-electron chi connectivity index (χ2n) is 5.25. The number of thiazole rings is 1. The fourth-order valence-corrected chi connectivity index (χ4v) is 2.60. The van der Waals surface area contributed by atoms with Gasteiger partial charge in [0.1, 0.15) is 11.6 Å². The quantitative estimate of drug-likeness (QED) is 0.381. The summed E-state index contributed by atoms with van der Waals surface area (Å²) in [7, 11) is 1.45. The summed E-state index contributed by atoms with van der Waals surface area (Å²) in [6.07, 6.45) is 4.54. The monoisotopic (exact) mass is 398 g/mol. The van der Waals surface area contributed by atoms with Crippen molar-refractivity contribution in [3.63, 3.8) is 0 Å². The predicted octanol–water partition coefficient (Wildman–Crippen LogP) is 2.38. The Balaban J connectivity index is 2.07. The van der Waals surface area contributed by atoms with Crippen LogP contribution in [0.4, 0.5) is 5.13 Å². The molecule has 0 aliphatic heterocycles. The number of amides is 2. The van der Waals surface area contributed by atoms with Gasteiger partial charge in [-0.15, -0.1) is 17.9 Å². The number of ether oxygens (including phenoxy) is 2. The standard InChI is InChI=1S/C19H18N4O4S/c1-3-6-21-18(25)14(11-20)9-13-4-5-15(16(10-13)26-2)27-12-17(24)23-19-22-7-8-28-19/h3-5,7-10H,1,6,12H2,2H3,(H,21,25)(H,22,23,24)/b14-9+. The van der Waals surface area contributed by atoms with Crippen LogP contribution in [0.25, 0.3) is 6.08 Å². The lowest BCUT2D eigenvalue weighted by Crippen LogP contribution is -2.24. The number of hydrogen-bond donors (Lipinski definition) is 2. The van der Waals surface area contributed by atoms with Crippen LogP contribution in [0.15, 0.2) is 48.0 Å². The minimum Gasteiger partial charge on any atom is -0.493 e. The first kappa shape index (κ1) is 20.7. The smallest absolute Gasteiger partial charge is 0.264 e. The Morgan fingerprint density at radius 3 is 2.86 bits per heavy atom. The van der Waals surface area contributed by atoms with Crippen LogP contribution < -0.4 is 20.1 Å². The molecule has 28 heavy (non-hydrogen) atoms. The zero-order valence-corrected chi connectivity index (χ0v) is 15.9. The first-order valence-electron chi connectivity index (χ1n) is 8.08. The number of methoxy groups -OCH3 is 1. The topological polar surface area (TPSA) is 113 Å². The first-order chi connectivity index (χ1) is 13.6. The van der Waals surface area contributed by atoms with E-state index in [1.165, 1.54) is 30.6 Å². The van der Waals surface area contributed by atoms with E-state index < -0.39 is 5.91 Å². The van der Waals surface area contributed by atoms with Crippen molar-refractivity contribution in [2.45, 2.75) is 0 Å². The van der Waals surface area contributed by atoms with Crippen molar-refractivity contribution < 1.29 is 19.1 Å². The molecule has 0 bridgehead atoms. The predicted molar refractivity (Wildman–Crippen MR) is 106 cm³/mol. The molecule has 9 heteroatoms. The molecule has 144 valence electrons. The Hall–Kier alpha value is -3.64. The molecule has 0 unspecified atom stereocenters. The molecule has 2 amide bonds. The highest BCUT2D eigenvalue weighted by Gasteiger charge is 2.11. The second kappa shape index (κ2) is 10.5. The van der Waals surface area contributed by atoms with E-state index in [9.17, 15) is 14.9 Å². The van der Waals surface area contributed by atoms with E-state index in [1.807, 2.05) is 6.07 Å². The average Bonchev–Trinajstić information content (AvgIpc) is 3.21. The van der Waals surface area contributed by atoms with Crippen LogP contribution in [-0.2, 0) is 9.59 Å². The summed E-state index contributed by atoms with van der Waals surface area (Å²) in [5, 5.41) is 16.6. The molecule has 0 spiro atoms. The Kier molecular flexibility index (Phi) is 7.75. The fourth-order valence-electron chi connectivity index (χ4n) is 2.05. The van der Waals surface area contributed by atoms with E-state index in [-0.39, 0.29) is 24.6 Å². The number of carbonyl (C=O) groups excluding carboxylic acids is 2. The van der Waals surface area contributed by atoms with Gasteiger partial charge in [-0.1, -0.05) is 12.1 Å². The molecule has 0 aliphatic rings. The van der Waals surface area contributed by atoms with Crippen LogP contribution >= 0.6 is 11.3 Å². The van der Waals surface area contributed by atoms with Crippen molar-refractivity contribution in [3.8, 4) is 17.6 Å². The lowest BCUT2D eigenvalue weighted by atomic mass is 10.1. The van der Waals surface area contributed by atoms with Gasteiger partial charge >= 0.3 is 0 Å². The first-order valence-corrected chi connectivity index (χ1v) is 8.96. The van der Waals surface area contributed by atoms with Crippen LogP contribution in [0.2, 0.25) is 0 Å². The summed E-state index contributed by atoms with van der Waals surface area (Å²) in [6.45, 7) is 3.54. The molecule has 0 saturated carbocycles. The van der Waals surface area contributed by atoms with Crippen LogP contribution in [-0.4, -0.2) is 37.1 Å². The minimum absolute atomic E-state index is 0.0552. The highest BCUT2D eigenvalue weighted by Crippen LogP contribution is 2.29. The highest BCUT2D eigenvalue weighted by atomic mass is 32.1. The summed E-state index contributed by atoms with van der Waals surface area (Å²) in [5.74, 6) is -0.143. The van der Waals surface area contributed by atoms with Crippen LogP contribution in [0.3, 0.4) is 0 Å². The van der Waals surface area contributed by atoms with E-state index >= 15 is 0 Å². The lowest BCUT2D eigenvalue weighted by molar-refractivity contribution is -0.118. The largest absolute Gasteiger partial charge is 0.493 e. The molecule has 2 aromatic rings. The number of hydrogen-bond acceptors (Lipinski definition) is 7. The molecule has 2 N–H and O–H groups in total. The molecule has 0 radical (unpaired) electrons. The molecule has 0 saturated heterocycles. The van der Waals surface area contributed by atoms with Gasteiger partial charge < -0.3 is 14.8 Å². The van der Waals surface area contributed by atoms with Crippen LogP contribution in [0, 0.1) is 11.3 Å². The van der Waals surface area contributed by atoms with Gasteiger partial charge in [0.2, 0.25) is 0 Å². The number of nitrogens with one attached hydrogen (secondary N) is 2. The van der Waals surface area contributed by atoms with E-state index in [0.29, 0.717) is 22.2 Å². The van der Waals surface area contributed by atoms with Crippen LogP contribution in [0.5, 0.6) is 11.5 Å². The second-order valence-corrected chi connectivity index (χ2v) is 6.15. The van der Waals surface area contributed by atoms with E-state index in [4.69, 9.17) is 9.47 Å². The molecule has 1 aromatic carbocycles. The maximum absolute atomic E-state index is 11.9. The number of nitrogens with zero attached hydrogens (tertiary/aromatic N) is 2. The number of carbonyl (C=O) groups is 2. The Morgan fingerprint density at radius 2 is 2.21 bits per heavy atom. The molecule has 8 nitrogen and oxygen atoms in total. The summed E-state index contributed by atoms with van der Waals surface area (Å²) in [4.78, 5) is 27.8. The highest BCUT2D eigenvalue weighted by molar-refractivity contribution is 7.13. The Morgan fingerprint density at radius 1 is 1.39 bits per heavy atom. The maximum atomic E-state index is 11.9. The molecule has 1 aromatic heterocycles. The third-order valence-corrected chi connectivity index (χ3v) is 4.00. The molecule has 0 fully saturated rings. The minimum atomic E-state index is -0.499. The van der Waals surface area contributed by atoms with Crippen molar-refractivity contribution >= 4 is 34.4 Å². The zero-order valence-electron chi connectivity index (χ0n) is 15.1. The van der Waals surface area contributed by atoms with Gasteiger partial charge in [0, 0.05) is 18.1 Å². The molecular formula is C19H18N4O4S.